The van der Waals surface area contributed by atoms with E-state index in [0.29, 0.717) is 11.1 Å². The van der Waals surface area contributed by atoms with Crippen molar-refractivity contribution in [3.63, 3.8) is 0 Å². The molecule has 10 aromatic rings. The molecule has 258 valence electrons. The van der Waals surface area contributed by atoms with Gasteiger partial charge in [-0.25, -0.2) is 0 Å². The van der Waals surface area contributed by atoms with Gasteiger partial charge in [0, 0.05) is 17.1 Å². The minimum atomic E-state index is -0.872. The molecule has 0 aliphatic rings. The summed E-state index contributed by atoms with van der Waals surface area (Å²) in [7, 11) is 0. The van der Waals surface area contributed by atoms with Crippen molar-refractivity contribution in [3.05, 3.63) is 224 Å². The van der Waals surface area contributed by atoms with Crippen LogP contribution >= 0.6 is 0 Å². The lowest BCUT2D eigenvalue weighted by Crippen LogP contribution is -2.10. The lowest BCUT2D eigenvalue weighted by atomic mass is 9.97. The van der Waals surface area contributed by atoms with E-state index in [-0.39, 0.29) is 11.3 Å². The van der Waals surface area contributed by atoms with Gasteiger partial charge in [0.05, 0.1) is 23.3 Å². The smallest absolute Gasteiger partial charge is 0.0645 e. The Labute approximate surface area is 345 Å². The van der Waals surface area contributed by atoms with Crippen molar-refractivity contribution >= 4 is 49.4 Å². The molecular weight excluding hydrogens is 663 g/mol. The van der Waals surface area contributed by atoms with Crippen molar-refractivity contribution in [3.8, 4) is 44.5 Å². The first kappa shape index (κ1) is 19.2. The molecule has 1 heteroatoms. The van der Waals surface area contributed by atoms with Crippen molar-refractivity contribution in [2.75, 3.05) is 4.90 Å². The van der Waals surface area contributed by atoms with Gasteiger partial charge in [-0.05, 0) is 125 Å². The molecule has 55 heavy (non-hydrogen) atoms. The van der Waals surface area contributed by atoms with Gasteiger partial charge in [-0.15, -0.1) is 0 Å². The van der Waals surface area contributed by atoms with Gasteiger partial charge in [0.25, 0.3) is 0 Å². The maximum Gasteiger partial charge on any atom is 0.0645 e. The summed E-state index contributed by atoms with van der Waals surface area (Å²) in [5.74, 6) is 0. The summed E-state index contributed by atoms with van der Waals surface area (Å²) in [6.45, 7) is 0. The Balaban J connectivity index is 1.21. The van der Waals surface area contributed by atoms with Crippen molar-refractivity contribution in [2.24, 2.45) is 0 Å². The van der Waals surface area contributed by atoms with Crippen LogP contribution in [0.3, 0.4) is 0 Å². The summed E-state index contributed by atoms with van der Waals surface area (Å²) in [5.41, 5.74) is -1.57. The number of fused-ring (bicyclic) bond motifs is 4. The molecule has 0 fully saturated rings. The first-order chi connectivity index (χ1) is 34.3. The molecule has 0 aliphatic heterocycles. The summed E-state index contributed by atoms with van der Waals surface area (Å²) >= 11 is 0. The van der Waals surface area contributed by atoms with Crippen LogP contribution in [0, 0.1) is 0 Å². The van der Waals surface area contributed by atoms with E-state index < -0.39 is 136 Å². The molecule has 0 saturated heterocycles. The van der Waals surface area contributed by atoms with Gasteiger partial charge in [-0.3, -0.25) is 0 Å². The predicted molar refractivity (Wildman–Crippen MR) is 235 cm³/mol. The number of anilines is 3. The molecule has 0 amide bonds. The largest absolute Gasteiger partial charge is 0.310 e. The molecule has 0 saturated carbocycles. The Kier molecular flexibility index (Phi) is 4.88. The first-order valence-electron chi connectivity index (χ1n) is 26.0. The molecule has 0 spiro atoms. The fourth-order valence-corrected chi connectivity index (χ4v) is 6.77. The lowest BCUT2D eigenvalue weighted by Gasteiger charge is -2.26. The molecule has 10 aromatic carbocycles. The van der Waals surface area contributed by atoms with E-state index in [9.17, 15) is 11.0 Å². The molecule has 0 radical (unpaired) electrons. The number of benzene rings is 10. The highest BCUT2D eigenvalue weighted by Gasteiger charge is 2.15. The number of nitrogens with zero attached hydrogens (tertiary/aromatic N) is 1. The van der Waals surface area contributed by atoms with Crippen LogP contribution in [0.25, 0.3) is 76.8 Å². The van der Waals surface area contributed by atoms with E-state index >= 15 is 0 Å². The predicted octanol–water partition coefficient (Wildman–Crippen LogP) is 15.3. The van der Waals surface area contributed by atoms with Crippen molar-refractivity contribution < 1.29 is 23.3 Å². The van der Waals surface area contributed by atoms with Crippen LogP contribution in [0.15, 0.2) is 224 Å². The quantitative estimate of drug-likeness (QED) is 0.148. The van der Waals surface area contributed by atoms with E-state index in [1.807, 2.05) is 84.9 Å². The van der Waals surface area contributed by atoms with Gasteiger partial charge in [0.15, 0.2) is 0 Å². The van der Waals surface area contributed by atoms with Crippen LogP contribution in [0.2, 0.25) is 0 Å². The molecule has 0 N–H and O–H groups in total. The SMILES string of the molecule is [2H]c1c([2H])c([2H])c(-c2c([2H])c([2H])c(-c3c([2H])c([2H])c(N(c4cccc(-c5ccc6ccccc6c5)c4)c4c([2H])c([2H])c(-c5ccc6c(ccc7ccccc76)c5)c([2H])c4[2H])c([2H])c3[2H])c([2H])c2[2H])c([2H])c1[2H]. The highest BCUT2D eigenvalue weighted by atomic mass is 15.1. The number of rotatable bonds is 7. The Morgan fingerprint density at radius 2 is 0.745 bits per heavy atom. The monoisotopic (exact) mass is 716 g/mol. The molecule has 0 aliphatic carbocycles. The van der Waals surface area contributed by atoms with E-state index in [2.05, 4.69) is 0 Å². The summed E-state index contributed by atoms with van der Waals surface area (Å²) in [5, 5.41) is 5.65. The first-order valence-corrected chi connectivity index (χ1v) is 17.5. The molecule has 0 unspecified atom stereocenters. The van der Waals surface area contributed by atoms with Gasteiger partial charge < -0.3 is 4.90 Å². The number of hydrogen-bond donors (Lipinski definition) is 0. The van der Waals surface area contributed by atoms with Crippen LogP contribution in [-0.4, -0.2) is 0 Å². The van der Waals surface area contributed by atoms with Crippen LogP contribution in [-0.2, 0) is 0 Å². The second kappa shape index (κ2) is 14.0. The highest BCUT2D eigenvalue weighted by Crippen LogP contribution is 2.39. The van der Waals surface area contributed by atoms with Crippen molar-refractivity contribution in [2.45, 2.75) is 0 Å². The maximum atomic E-state index is 9.62. The lowest BCUT2D eigenvalue weighted by molar-refractivity contribution is 1.28. The minimum absolute atomic E-state index is 0.0148. The number of hydrogen-bond acceptors (Lipinski definition) is 1. The van der Waals surface area contributed by atoms with E-state index in [1.54, 1.807) is 36.4 Å². The molecule has 0 heterocycles. The summed E-state index contributed by atoms with van der Waals surface area (Å²) < 4.78 is 154. The normalized spacial score (nSPS) is 15.6. The Bertz CT molecular complexity index is 3870. The second-order valence-corrected chi connectivity index (χ2v) is 12.9. The minimum Gasteiger partial charge on any atom is -0.310 e. The van der Waals surface area contributed by atoms with Gasteiger partial charge in [0.2, 0.25) is 0 Å². The molecular formula is C54H37N. The summed E-state index contributed by atoms with van der Waals surface area (Å²) in [6.07, 6.45) is 0. The van der Waals surface area contributed by atoms with E-state index in [0.717, 1.165) is 42.8 Å². The second-order valence-electron chi connectivity index (χ2n) is 12.9. The summed E-state index contributed by atoms with van der Waals surface area (Å²) in [6, 6.07) is 24.8. The van der Waals surface area contributed by atoms with Crippen LogP contribution in [0.5, 0.6) is 0 Å². The Morgan fingerprint density at radius 1 is 0.273 bits per heavy atom. The average molecular weight is 717 g/mol. The maximum absolute atomic E-state index is 9.62. The van der Waals surface area contributed by atoms with Crippen molar-refractivity contribution in [1.82, 2.24) is 0 Å². The zero-order chi connectivity index (χ0) is 51.3. The van der Waals surface area contributed by atoms with Gasteiger partial charge in [-0.1, -0.05) is 176 Å². The molecule has 1 nitrogen and oxygen atoms in total. The van der Waals surface area contributed by atoms with Crippen LogP contribution in [0.4, 0.5) is 17.1 Å². The van der Waals surface area contributed by atoms with Gasteiger partial charge >= 0.3 is 0 Å². The third kappa shape index (κ3) is 6.33. The molecule has 0 atom stereocenters. The fraction of sp³-hybridized carbons (Fsp3) is 0. The van der Waals surface area contributed by atoms with E-state index in [4.69, 9.17) is 12.3 Å². The van der Waals surface area contributed by atoms with Crippen molar-refractivity contribution in [1.29, 1.82) is 0 Å². The Morgan fingerprint density at radius 3 is 1.45 bits per heavy atom. The van der Waals surface area contributed by atoms with Crippen LogP contribution in [0.1, 0.15) is 23.3 Å². The average Bonchev–Trinajstić information content (AvgIpc) is 3.39. The third-order valence-electron chi connectivity index (χ3n) is 9.52. The standard InChI is InChI=1S/C54H37N/c1-2-9-38(10-3-1)40-17-19-41(20-18-40)42-25-30-50(31-26-42)55(52-15-8-14-46(37-52)48-23-21-39-11-4-5-13-45(39)35-48)51-32-27-43(28-33-51)47-29-34-54-49(36-47)24-22-44-12-6-7-16-53(44)54/h1-37H/i1D,2D,3D,9D,10D,17D,18D,19D,20D,25D,26D,27D,28D,30D,31D,32D,33D. The molecule has 0 aromatic heterocycles. The zero-order valence-corrected chi connectivity index (χ0v) is 29.0. The topological polar surface area (TPSA) is 3.24 Å². The highest BCUT2D eigenvalue weighted by molar-refractivity contribution is 6.08. The zero-order valence-electron chi connectivity index (χ0n) is 46.0. The fourth-order valence-electron chi connectivity index (χ4n) is 6.77. The van der Waals surface area contributed by atoms with E-state index in [1.165, 1.54) is 0 Å². The molecule has 0 bridgehead atoms. The van der Waals surface area contributed by atoms with Gasteiger partial charge in [0.1, 0.15) is 0 Å². The third-order valence-corrected chi connectivity index (χ3v) is 9.52. The van der Waals surface area contributed by atoms with Crippen LogP contribution < -0.4 is 4.90 Å². The molecule has 10 rings (SSSR count). The Hall–Kier alpha value is -7.22. The van der Waals surface area contributed by atoms with Gasteiger partial charge in [-0.2, -0.15) is 0 Å². The summed E-state index contributed by atoms with van der Waals surface area (Å²) in [4.78, 5) is 1.14.